The Morgan fingerprint density at radius 3 is 2.64 bits per heavy atom. The first-order chi connectivity index (χ1) is 12.1. The number of carbonyl (C=O) groups excluding carboxylic acids is 1. The standard InChI is InChI=1S/C19H16Cl2N2OS/c20-15-6-4-7-16(21)13(15)9-10-18(24)23-19-14(11-22)12-5-2-1-3-8-17(12)25-19/h4,6-7,9-10H,1-3,5,8H2,(H,23,24)/b10-9-. The first-order valence-electron chi connectivity index (χ1n) is 8.08. The lowest BCUT2D eigenvalue weighted by molar-refractivity contribution is -0.111. The zero-order chi connectivity index (χ0) is 17.8. The Hall–Kier alpha value is -1.80. The van der Waals surface area contributed by atoms with Crippen molar-refractivity contribution in [3.05, 3.63) is 55.9 Å². The summed E-state index contributed by atoms with van der Waals surface area (Å²) < 4.78 is 0. The third kappa shape index (κ3) is 4.07. The molecule has 3 rings (SSSR count). The molecule has 1 amide bonds. The molecule has 1 N–H and O–H groups in total. The van der Waals surface area contributed by atoms with Gasteiger partial charge in [0.15, 0.2) is 0 Å². The van der Waals surface area contributed by atoms with Gasteiger partial charge in [0.1, 0.15) is 11.1 Å². The average Bonchev–Trinajstić information content (AvgIpc) is 2.74. The van der Waals surface area contributed by atoms with E-state index in [-0.39, 0.29) is 5.91 Å². The number of nitrogens with zero attached hydrogens (tertiary/aromatic N) is 1. The quantitative estimate of drug-likeness (QED) is 0.527. The van der Waals surface area contributed by atoms with E-state index >= 15 is 0 Å². The molecule has 0 spiro atoms. The van der Waals surface area contributed by atoms with Gasteiger partial charge in [-0.05, 0) is 49.5 Å². The van der Waals surface area contributed by atoms with Crippen LogP contribution in [-0.2, 0) is 17.6 Å². The monoisotopic (exact) mass is 390 g/mol. The zero-order valence-corrected chi connectivity index (χ0v) is 15.8. The summed E-state index contributed by atoms with van der Waals surface area (Å²) in [6, 6.07) is 7.44. The second kappa shape index (κ2) is 8.05. The Balaban J connectivity index is 1.80. The molecule has 0 fully saturated rings. The van der Waals surface area contributed by atoms with Crippen molar-refractivity contribution >= 4 is 51.5 Å². The lowest BCUT2D eigenvalue weighted by atomic mass is 10.1. The number of hydrogen-bond donors (Lipinski definition) is 1. The maximum Gasteiger partial charge on any atom is 0.249 e. The van der Waals surface area contributed by atoms with Crippen molar-refractivity contribution in [1.82, 2.24) is 0 Å². The summed E-state index contributed by atoms with van der Waals surface area (Å²) in [5.74, 6) is -0.302. The van der Waals surface area contributed by atoms with Crippen molar-refractivity contribution in [2.24, 2.45) is 0 Å². The minimum Gasteiger partial charge on any atom is -0.313 e. The van der Waals surface area contributed by atoms with Crippen LogP contribution >= 0.6 is 34.5 Å². The van der Waals surface area contributed by atoms with Crippen LogP contribution < -0.4 is 5.32 Å². The van der Waals surface area contributed by atoms with Crippen molar-refractivity contribution in [2.45, 2.75) is 32.1 Å². The van der Waals surface area contributed by atoms with E-state index in [4.69, 9.17) is 23.2 Å². The van der Waals surface area contributed by atoms with Gasteiger partial charge < -0.3 is 5.32 Å². The molecule has 1 aromatic carbocycles. The third-order valence-electron chi connectivity index (χ3n) is 4.17. The smallest absolute Gasteiger partial charge is 0.249 e. The molecule has 0 radical (unpaired) electrons. The Kier molecular flexibility index (Phi) is 5.80. The third-order valence-corrected chi connectivity index (χ3v) is 6.04. The molecule has 0 bridgehead atoms. The highest BCUT2D eigenvalue weighted by atomic mass is 35.5. The predicted molar refractivity (Wildman–Crippen MR) is 104 cm³/mol. The van der Waals surface area contributed by atoms with E-state index in [1.54, 1.807) is 24.3 Å². The minimum atomic E-state index is -0.302. The van der Waals surface area contributed by atoms with Gasteiger partial charge in [-0.25, -0.2) is 0 Å². The number of benzene rings is 1. The average molecular weight is 391 g/mol. The molecule has 0 aliphatic heterocycles. The summed E-state index contributed by atoms with van der Waals surface area (Å²) in [6.07, 6.45) is 8.29. The fourth-order valence-corrected chi connectivity index (χ4v) is 4.70. The predicted octanol–water partition coefficient (Wildman–Crippen LogP) is 5.85. The van der Waals surface area contributed by atoms with Gasteiger partial charge in [0.2, 0.25) is 5.91 Å². The van der Waals surface area contributed by atoms with E-state index in [2.05, 4.69) is 11.4 Å². The van der Waals surface area contributed by atoms with Crippen LogP contribution in [0, 0.1) is 11.3 Å². The number of thiophene rings is 1. The highest BCUT2D eigenvalue weighted by molar-refractivity contribution is 7.16. The number of nitrogens with one attached hydrogen (secondary N) is 1. The van der Waals surface area contributed by atoms with Crippen molar-refractivity contribution in [3.8, 4) is 6.07 Å². The molecule has 0 atom stereocenters. The van der Waals surface area contributed by atoms with E-state index < -0.39 is 0 Å². The molecule has 1 heterocycles. The molecule has 0 saturated heterocycles. The number of halogens is 2. The highest BCUT2D eigenvalue weighted by Gasteiger charge is 2.20. The Bertz CT molecular complexity index is 860. The molecule has 0 saturated carbocycles. The van der Waals surface area contributed by atoms with Crippen molar-refractivity contribution < 1.29 is 4.79 Å². The lowest BCUT2D eigenvalue weighted by Gasteiger charge is -2.02. The van der Waals surface area contributed by atoms with Crippen LogP contribution in [0.5, 0.6) is 0 Å². The number of amides is 1. The molecular formula is C19H16Cl2N2OS. The summed E-state index contributed by atoms with van der Waals surface area (Å²) in [4.78, 5) is 13.5. The number of nitriles is 1. The fraction of sp³-hybridized carbons (Fsp3) is 0.263. The molecule has 6 heteroatoms. The maximum atomic E-state index is 12.3. The van der Waals surface area contributed by atoms with Crippen LogP contribution in [-0.4, -0.2) is 5.91 Å². The Morgan fingerprint density at radius 2 is 1.92 bits per heavy atom. The van der Waals surface area contributed by atoms with Crippen LogP contribution in [0.25, 0.3) is 6.08 Å². The number of anilines is 1. The molecule has 2 aromatic rings. The molecule has 128 valence electrons. The number of rotatable bonds is 3. The van der Waals surface area contributed by atoms with Gasteiger partial charge in [-0.1, -0.05) is 35.7 Å². The van der Waals surface area contributed by atoms with E-state index in [1.807, 2.05) is 0 Å². The molecule has 1 aromatic heterocycles. The SMILES string of the molecule is N#Cc1c(NC(=O)/C=C\c2c(Cl)cccc2Cl)sc2c1CCCCC2. The zero-order valence-electron chi connectivity index (χ0n) is 13.4. The largest absolute Gasteiger partial charge is 0.313 e. The second-order valence-electron chi connectivity index (χ2n) is 5.84. The number of fused-ring (bicyclic) bond motifs is 1. The Morgan fingerprint density at radius 1 is 1.20 bits per heavy atom. The van der Waals surface area contributed by atoms with Crippen molar-refractivity contribution in [1.29, 1.82) is 5.26 Å². The highest BCUT2D eigenvalue weighted by Crippen LogP contribution is 2.37. The van der Waals surface area contributed by atoms with Gasteiger partial charge in [0.05, 0.1) is 5.56 Å². The van der Waals surface area contributed by atoms with Crippen molar-refractivity contribution in [2.75, 3.05) is 5.32 Å². The fourth-order valence-electron chi connectivity index (χ4n) is 2.93. The topological polar surface area (TPSA) is 52.9 Å². The van der Waals surface area contributed by atoms with Gasteiger partial charge in [0.25, 0.3) is 0 Å². The summed E-state index contributed by atoms with van der Waals surface area (Å²) in [5.41, 5.74) is 2.32. The number of hydrogen-bond acceptors (Lipinski definition) is 3. The van der Waals surface area contributed by atoms with Gasteiger partial charge in [-0.2, -0.15) is 5.26 Å². The van der Waals surface area contributed by atoms with Gasteiger partial charge in [-0.3, -0.25) is 4.79 Å². The van der Waals surface area contributed by atoms with Crippen molar-refractivity contribution in [3.63, 3.8) is 0 Å². The van der Waals surface area contributed by atoms with Crippen LogP contribution in [0.2, 0.25) is 10.0 Å². The Labute approximate surface area is 160 Å². The number of carbonyl (C=O) groups is 1. The second-order valence-corrected chi connectivity index (χ2v) is 7.76. The molecular weight excluding hydrogens is 375 g/mol. The number of aryl methyl sites for hydroxylation is 1. The first kappa shape index (κ1) is 18.0. The van der Waals surface area contributed by atoms with Crippen LogP contribution in [0.3, 0.4) is 0 Å². The van der Waals surface area contributed by atoms with Crippen LogP contribution in [0.1, 0.15) is 40.8 Å². The van der Waals surface area contributed by atoms with E-state index in [1.165, 1.54) is 28.7 Å². The van der Waals surface area contributed by atoms with E-state index in [0.717, 1.165) is 31.2 Å². The summed E-state index contributed by atoms with van der Waals surface area (Å²) in [7, 11) is 0. The summed E-state index contributed by atoms with van der Waals surface area (Å²) in [5, 5.41) is 13.9. The van der Waals surface area contributed by atoms with Gasteiger partial charge in [0, 0.05) is 26.6 Å². The van der Waals surface area contributed by atoms with E-state index in [0.29, 0.717) is 26.2 Å². The summed E-state index contributed by atoms with van der Waals surface area (Å²) in [6.45, 7) is 0. The van der Waals surface area contributed by atoms with Gasteiger partial charge >= 0.3 is 0 Å². The normalized spacial score (nSPS) is 14.0. The molecule has 1 aliphatic rings. The van der Waals surface area contributed by atoms with Crippen LogP contribution in [0.4, 0.5) is 5.00 Å². The minimum absolute atomic E-state index is 0.302. The first-order valence-corrected chi connectivity index (χ1v) is 9.65. The van der Waals surface area contributed by atoms with Gasteiger partial charge in [-0.15, -0.1) is 11.3 Å². The molecule has 3 nitrogen and oxygen atoms in total. The van der Waals surface area contributed by atoms with E-state index in [9.17, 15) is 10.1 Å². The summed E-state index contributed by atoms with van der Waals surface area (Å²) >= 11 is 13.7. The lowest BCUT2D eigenvalue weighted by Crippen LogP contribution is -2.07. The molecule has 1 aliphatic carbocycles. The molecule has 0 unspecified atom stereocenters. The molecule has 25 heavy (non-hydrogen) atoms. The van der Waals surface area contributed by atoms with Crippen LogP contribution in [0.15, 0.2) is 24.3 Å². The maximum absolute atomic E-state index is 12.3.